The number of carbonyl (C=O) groups excluding carboxylic acids is 1. The molecule has 3 N–H and O–H groups in total. The number of carbonyl (C=O) groups is 1. The van der Waals surface area contributed by atoms with Crippen molar-refractivity contribution in [1.82, 2.24) is 10.3 Å². The van der Waals surface area contributed by atoms with Gasteiger partial charge in [-0.1, -0.05) is 19.3 Å². The monoisotopic (exact) mass is 199 g/mol. The van der Waals surface area contributed by atoms with Crippen LogP contribution >= 0.6 is 0 Å². The van der Waals surface area contributed by atoms with E-state index >= 15 is 0 Å². The van der Waals surface area contributed by atoms with E-state index in [4.69, 9.17) is 5.84 Å². The molecule has 82 valence electrons. The van der Waals surface area contributed by atoms with Crippen LogP contribution in [0.25, 0.3) is 0 Å². The van der Waals surface area contributed by atoms with Crippen LogP contribution in [0.3, 0.4) is 0 Å². The average molecular weight is 199 g/mol. The van der Waals surface area contributed by atoms with E-state index in [1.807, 2.05) is 6.92 Å². The average Bonchev–Trinajstić information content (AvgIpc) is 2.15. The maximum atomic E-state index is 11.3. The van der Waals surface area contributed by atoms with Crippen LogP contribution < -0.4 is 11.3 Å². The molecule has 1 unspecified atom stereocenters. The third kappa shape index (κ3) is 3.27. The number of nitrogens with zero attached hydrogens (tertiary/aromatic N) is 1. The molecule has 1 fully saturated rings. The van der Waals surface area contributed by atoms with E-state index in [2.05, 4.69) is 10.3 Å². The quantitative estimate of drug-likeness (QED) is 0.389. The van der Waals surface area contributed by atoms with E-state index in [-0.39, 0.29) is 11.9 Å². The first kappa shape index (κ1) is 11.5. The van der Waals surface area contributed by atoms with Crippen LogP contribution in [0.1, 0.15) is 39.0 Å². The molecule has 0 aromatic heterocycles. The molecule has 1 aliphatic heterocycles. The van der Waals surface area contributed by atoms with Gasteiger partial charge in [0.2, 0.25) is 0 Å². The van der Waals surface area contributed by atoms with E-state index in [0.29, 0.717) is 0 Å². The molecule has 0 aromatic rings. The molecular formula is C10H21N3O. The van der Waals surface area contributed by atoms with Crippen LogP contribution in [-0.2, 0) is 4.79 Å². The lowest BCUT2D eigenvalue weighted by Gasteiger charge is -2.29. The molecule has 1 atom stereocenters. The van der Waals surface area contributed by atoms with Crippen molar-refractivity contribution in [1.29, 1.82) is 0 Å². The van der Waals surface area contributed by atoms with Gasteiger partial charge in [0.1, 0.15) is 0 Å². The molecule has 0 saturated carbocycles. The van der Waals surface area contributed by atoms with Gasteiger partial charge in [0, 0.05) is 0 Å². The van der Waals surface area contributed by atoms with Gasteiger partial charge in [-0.2, -0.15) is 0 Å². The molecule has 4 heteroatoms. The molecule has 1 saturated heterocycles. The SMILES string of the molecule is CC(C(=O)NN)N1CCCCCCC1. The van der Waals surface area contributed by atoms with E-state index in [9.17, 15) is 4.79 Å². The van der Waals surface area contributed by atoms with Crippen molar-refractivity contribution in [3.63, 3.8) is 0 Å². The molecule has 0 aliphatic carbocycles. The Morgan fingerprint density at radius 3 is 2.21 bits per heavy atom. The van der Waals surface area contributed by atoms with Crippen LogP contribution in [0.15, 0.2) is 0 Å². The maximum absolute atomic E-state index is 11.3. The second-order valence-electron chi connectivity index (χ2n) is 3.99. The van der Waals surface area contributed by atoms with Crippen LogP contribution in [0, 0.1) is 0 Å². The highest BCUT2D eigenvalue weighted by Gasteiger charge is 2.20. The summed E-state index contributed by atoms with van der Waals surface area (Å²) in [6.45, 7) is 3.97. The number of nitrogens with two attached hydrogens (primary N) is 1. The third-order valence-corrected chi connectivity index (χ3v) is 2.96. The molecule has 4 nitrogen and oxygen atoms in total. The summed E-state index contributed by atoms with van der Waals surface area (Å²) in [5, 5.41) is 0. The Balaban J connectivity index is 2.42. The smallest absolute Gasteiger partial charge is 0.250 e. The fourth-order valence-corrected chi connectivity index (χ4v) is 1.95. The summed E-state index contributed by atoms with van der Waals surface area (Å²) >= 11 is 0. The highest BCUT2D eigenvalue weighted by Crippen LogP contribution is 2.12. The Labute approximate surface area is 85.8 Å². The molecule has 1 amide bonds. The first-order chi connectivity index (χ1) is 6.75. The first-order valence-electron chi connectivity index (χ1n) is 5.50. The lowest BCUT2D eigenvalue weighted by atomic mass is 10.1. The lowest BCUT2D eigenvalue weighted by Crippen LogP contribution is -2.48. The summed E-state index contributed by atoms with van der Waals surface area (Å²) in [7, 11) is 0. The summed E-state index contributed by atoms with van der Waals surface area (Å²) in [5.74, 6) is 5.05. The second-order valence-corrected chi connectivity index (χ2v) is 3.99. The highest BCUT2D eigenvalue weighted by atomic mass is 16.2. The standard InChI is InChI=1S/C10H21N3O/c1-9(10(14)12-11)13-7-5-3-2-4-6-8-13/h9H,2-8,11H2,1H3,(H,12,14). The molecule has 1 aliphatic rings. The Morgan fingerprint density at radius 2 is 1.71 bits per heavy atom. The zero-order valence-corrected chi connectivity index (χ0v) is 8.96. The summed E-state index contributed by atoms with van der Waals surface area (Å²) in [6, 6.07) is -0.0851. The second kappa shape index (κ2) is 5.98. The minimum Gasteiger partial charge on any atom is -0.293 e. The van der Waals surface area contributed by atoms with Gasteiger partial charge in [-0.3, -0.25) is 15.1 Å². The fraction of sp³-hybridized carbons (Fsp3) is 0.900. The minimum atomic E-state index is -0.0851. The maximum Gasteiger partial charge on any atom is 0.250 e. The molecular weight excluding hydrogens is 178 g/mol. The summed E-state index contributed by atoms with van der Waals surface area (Å²) in [4.78, 5) is 13.6. The van der Waals surface area contributed by atoms with Gasteiger partial charge < -0.3 is 0 Å². The fourth-order valence-electron chi connectivity index (χ4n) is 1.95. The van der Waals surface area contributed by atoms with Gasteiger partial charge in [-0.05, 0) is 32.9 Å². The van der Waals surface area contributed by atoms with Crippen LogP contribution in [0.5, 0.6) is 0 Å². The molecule has 0 aromatic carbocycles. The number of amides is 1. The zero-order valence-electron chi connectivity index (χ0n) is 8.96. The highest BCUT2D eigenvalue weighted by molar-refractivity contribution is 5.80. The molecule has 14 heavy (non-hydrogen) atoms. The van der Waals surface area contributed by atoms with Crippen molar-refractivity contribution in [2.45, 2.75) is 45.1 Å². The molecule has 0 radical (unpaired) electrons. The first-order valence-corrected chi connectivity index (χ1v) is 5.50. The molecule has 0 spiro atoms. The van der Waals surface area contributed by atoms with Crippen molar-refractivity contribution in [2.75, 3.05) is 13.1 Å². The number of hydrogen-bond donors (Lipinski definition) is 2. The molecule has 1 rings (SSSR count). The van der Waals surface area contributed by atoms with E-state index < -0.39 is 0 Å². The van der Waals surface area contributed by atoms with Crippen LogP contribution in [0.2, 0.25) is 0 Å². The van der Waals surface area contributed by atoms with Crippen molar-refractivity contribution in [3.8, 4) is 0 Å². The van der Waals surface area contributed by atoms with Crippen molar-refractivity contribution >= 4 is 5.91 Å². The predicted octanol–water partition coefficient (Wildman–Crippen LogP) is 0.631. The normalized spacial score (nSPS) is 22.1. The summed E-state index contributed by atoms with van der Waals surface area (Å²) in [6.07, 6.45) is 6.30. The van der Waals surface area contributed by atoms with Crippen molar-refractivity contribution in [3.05, 3.63) is 0 Å². The third-order valence-electron chi connectivity index (χ3n) is 2.96. The Hall–Kier alpha value is -0.610. The van der Waals surface area contributed by atoms with Crippen LogP contribution in [0.4, 0.5) is 0 Å². The Kier molecular flexibility index (Phi) is 4.90. The van der Waals surface area contributed by atoms with Crippen LogP contribution in [-0.4, -0.2) is 29.9 Å². The Morgan fingerprint density at radius 1 is 1.21 bits per heavy atom. The van der Waals surface area contributed by atoms with Crippen molar-refractivity contribution < 1.29 is 4.79 Å². The van der Waals surface area contributed by atoms with Crippen molar-refractivity contribution in [2.24, 2.45) is 5.84 Å². The molecule has 0 bridgehead atoms. The largest absolute Gasteiger partial charge is 0.293 e. The molecule has 1 heterocycles. The van der Waals surface area contributed by atoms with E-state index in [1.54, 1.807) is 0 Å². The summed E-state index contributed by atoms with van der Waals surface area (Å²) in [5.41, 5.74) is 2.22. The number of hydrazine groups is 1. The zero-order chi connectivity index (χ0) is 10.4. The van der Waals surface area contributed by atoms with E-state index in [1.165, 1.54) is 32.1 Å². The number of hydrogen-bond acceptors (Lipinski definition) is 3. The van der Waals surface area contributed by atoms with Gasteiger partial charge in [-0.15, -0.1) is 0 Å². The topological polar surface area (TPSA) is 58.4 Å². The number of likely N-dealkylation sites (tertiary alicyclic amines) is 1. The predicted molar refractivity (Wildman–Crippen MR) is 56.5 cm³/mol. The number of nitrogens with one attached hydrogen (secondary N) is 1. The van der Waals surface area contributed by atoms with Gasteiger partial charge in [0.05, 0.1) is 6.04 Å². The van der Waals surface area contributed by atoms with Gasteiger partial charge in [0.15, 0.2) is 0 Å². The van der Waals surface area contributed by atoms with Gasteiger partial charge in [-0.25, -0.2) is 5.84 Å². The number of rotatable bonds is 2. The minimum absolute atomic E-state index is 0.0782. The lowest BCUT2D eigenvalue weighted by molar-refractivity contribution is -0.126. The van der Waals surface area contributed by atoms with Gasteiger partial charge >= 0.3 is 0 Å². The Bertz CT molecular complexity index is 176. The van der Waals surface area contributed by atoms with Gasteiger partial charge in [0.25, 0.3) is 5.91 Å². The summed E-state index contributed by atoms with van der Waals surface area (Å²) < 4.78 is 0. The van der Waals surface area contributed by atoms with E-state index in [0.717, 1.165) is 13.1 Å².